The molecule has 0 fully saturated rings. The summed E-state index contributed by atoms with van der Waals surface area (Å²) in [6.45, 7) is 1.28. The third-order valence-corrected chi connectivity index (χ3v) is 5.95. The molecule has 0 bridgehead atoms. The molecule has 0 aliphatic rings. The fourth-order valence-corrected chi connectivity index (χ4v) is 4.32. The molecule has 0 aliphatic heterocycles. The molecule has 0 saturated carbocycles. The monoisotopic (exact) mass is 472 g/mol. The number of carboxylic acid groups (broad SMARTS) is 1. The quantitative estimate of drug-likeness (QED) is 0.338. The molecule has 0 heterocycles. The van der Waals surface area contributed by atoms with Crippen LogP contribution in [0.2, 0.25) is 0 Å². The van der Waals surface area contributed by atoms with E-state index in [0.717, 1.165) is 27.1 Å². The van der Waals surface area contributed by atoms with Crippen LogP contribution in [0.5, 0.6) is 0 Å². The van der Waals surface area contributed by atoms with Gasteiger partial charge in [0, 0.05) is 19.8 Å². The van der Waals surface area contributed by atoms with Crippen LogP contribution in [0, 0.1) is 5.82 Å². The summed E-state index contributed by atoms with van der Waals surface area (Å²) in [6.07, 6.45) is 0.154. The van der Waals surface area contributed by atoms with Crippen molar-refractivity contribution in [2.75, 3.05) is 0 Å². The standard InChI is InChI=1S/C28H25FN2O4/c1-17(32)30-25(14-18-10-12-21(29)13-11-18)27(33)31-26(28(34)35)16-24-22-8-4-2-6-19(22)15-20-7-3-5-9-23(20)24/h2-13,15,25-26H,14,16H2,1H3,(H,30,32)(H,31,33)(H,34,35)/t25-,26-/m1/s1. The molecule has 6 nitrogen and oxygen atoms in total. The fraction of sp³-hybridized carbons (Fsp3) is 0.179. The van der Waals surface area contributed by atoms with E-state index in [9.17, 15) is 23.9 Å². The molecule has 35 heavy (non-hydrogen) atoms. The predicted molar refractivity (Wildman–Crippen MR) is 132 cm³/mol. The highest BCUT2D eigenvalue weighted by Crippen LogP contribution is 2.29. The summed E-state index contributed by atoms with van der Waals surface area (Å²) >= 11 is 0. The van der Waals surface area contributed by atoms with E-state index in [0.29, 0.717) is 5.56 Å². The van der Waals surface area contributed by atoms with Gasteiger partial charge in [0.1, 0.15) is 17.9 Å². The van der Waals surface area contributed by atoms with E-state index in [-0.39, 0.29) is 12.8 Å². The molecule has 4 aromatic carbocycles. The van der Waals surface area contributed by atoms with Gasteiger partial charge in [0.2, 0.25) is 11.8 Å². The Morgan fingerprint density at radius 3 is 1.91 bits per heavy atom. The SMILES string of the molecule is CC(=O)N[C@H](Cc1ccc(F)cc1)C(=O)N[C@H](Cc1c2ccccc2cc2ccccc12)C(=O)O. The number of benzene rings is 4. The highest BCUT2D eigenvalue weighted by molar-refractivity contribution is 6.03. The first-order valence-corrected chi connectivity index (χ1v) is 11.3. The van der Waals surface area contributed by atoms with E-state index < -0.39 is 35.7 Å². The number of nitrogens with one attached hydrogen (secondary N) is 2. The summed E-state index contributed by atoms with van der Waals surface area (Å²) in [6, 6.07) is 20.8. The van der Waals surface area contributed by atoms with Crippen LogP contribution in [0.1, 0.15) is 18.1 Å². The maximum Gasteiger partial charge on any atom is 0.326 e. The Balaban J connectivity index is 1.64. The zero-order valence-electron chi connectivity index (χ0n) is 19.1. The molecule has 178 valence electrons. The number of fused-ring (bicyclic) bond motifs is 2. The van der Waals surface area contributed by atoms with Crippen LogP contribution in [0.3, 0.4) is 0 Å². The zero-order chi connectivity index (χ0) is 24.9. The lowest BCUT2D eigenvalue weighted by Gasteiger charge is -2.22. The van der Waals surface area contributed by atoms with E-state index in [1.165, 1.54) is 31.2 Å². The Kier molecular flexibility index (Phi) is 7.06. The maximum atomic E-state index is 13.3. The van der Waals surface area contributed by atoms with Gasteiger partial charge in [0.15, 0.2) is 0 Å². The molecule has 0 aliphatic carbocycles. The number of aliphatic carboxylic acids is 1. The maximum absolute atomic E-state index is 13.3. The molecule has 0 unspecified atom stereocenters. The molecule has 2 amide bonds. The molecule has 3 N–H and O–H groups in total. The largest absolute Gasteiger partial charge is 0.480 e. The summed E-state index contributed by atoms with van der Waals surface area (Å²) in [5.74, 6) is -2.65. The van der Waals surface area contributed by atoms with Gasteiger partial charge in [0.25, 0.3) is 0 Å². The Morgan fingerprint density at radius 1 is 0.800 bits per heavy atom. The lowest BCUT2D eigenvalue weighted by atomic mass is 9.92. The van der Waals surface area contributed by atoms with Gasteiger partial charge in [-0.05, 0) is 50.9 Å². The number of carboxylic acids is 1. The lowest BCUT2D eigenvalue weighted by molar-refractivity contribution is -0.142. The van der Waals surface area contributed by atoms with Crippen molar-refractivity contribution < 1.29 is 23.9 Å². The summed E-state index contributed by atoms with van der Waals surface area (Å²) < 4.78 is 13.3. The average Bonchev–Trinajstić information content (AvgIpc) is 2.83. The van der Waals surface area contributed by atoms with E-state index in [4.69, 9.17) is 0 Å². The van der Waals surface area contributed by atoms with Crippen molar-refractivity contribution in [3.63, 3.8) is 0 Å². The second-order valence-electron chi connectivity index (χ2n) is 8.48. The fourth-order valence-electron chi connectivity index (χ4n) is 4.32. The summed E-state index contributed by atoms with van der Waals surface area (Å²) in [5.41, 5.74) is 1.45. The number of hydrogen-bond donors (Lipinski definition) is 3. The molecule has 0 radical (unpaired) electrons. The van der Waals surface area contributed by atoms with E-state index >= 15 is 0 Å². The van der Waals surface area contributed by atoms with Gasteiger partial charge in [-0.2, -0.15) is 0 Å². The zero-order valence-corrected chi connectivity index (χ0v) is 19.1. The van der Waals surface area contributed by atoms with Crippen molar-refractivity contribution >= 4 is 39.3 Å². The lowest BCUT2D eigenvalue weighted by Crippen LogP contribution is -2.52. The average molecular weight is 473 g/mol. The number of amides is 2. The molecular weight excluding hydrogens is 447 g/mol. The molecular formula is C28H25FN2O4. The number of carbonyl (C=O) groups excluding carboxylic acids is 2. The van der Waals surface area contributed by atoms with Crippen molar-refractivity contribution in [3.8, 4) is 0 Å². The van der Waals surface area contributed by atoms with E-state index in [1.807, 2.05) is 48.5 Å². The number of rotatable bonds is 8. The van der Waals surface area contributed by atoms with Crippen LogP contribution in [0.15, 0.2) is 78.9 Å². The first kappa shape index (κ1) is 23.9. The molecule has 2 atom stereocenters. The first-order valence-electron chi connectivity index (χ1n) is 11.3. The Bertz CT molecular complexity index is 1350. The molecule has 4 aromatic rings. The third-order valence-electron chi connectivity index (χ3n) is 5.95. The van der Waals surface area contributed by atoms with Gasteiger partial charge in [0.05, 0.1) is 0 Å². The highest BCUT2D eigenvalue weighted by Gasteiger charge is 2.27. The van der Waals surface area contributed by atoms with Crippen LogP contribution < -0.4 is 10.6 Å². The number of hydrogen-bond acceptors (Lipinski definition) is 3. The minimum absolute atomic E-state index is 0.0618. The first-order chi connectivity index (χ1) is 16.8. The van der Waals surface area contributed by atoms with Crippen molar-refractivity contribution in [1.29, 1.82) is 0 Å². The van der Waals surface area contributed by atoms with Gasteiger partial charge < -0.3 is 15.7 Å². The van der Waals surface area contributed by atoms with Crippen molar-refractivity contribution in [2.45, 2.75) is 31.8 Å². The van der Waals surface area contributed by atoms with Crippen LogP contribution in [-0.2, 0) is 27.2 Å². The Labute approximate surface area is 201 Å². The van der Waals surface area contributed by atoms with Crippen molar-refractivity contribution in [2.24, 2.45) is 0 Å². The molecule has 7 heteroatoms. The van der Waals surface area contributed by atoms with E-state index in [1.54, 1.807) is 0 Å². The third kappa shape index (κ3) is 5.63. The highest BCUT2D eigenvalue weighted by atomic mass is 19.1. The van der Waals surface area contributed by atoms with Crippen molar-refractivity contribution in [1.82, 2.24) is 10.6 Å². The summed E-state index contributed by atoms with van der Waals surface area (Å²) in [4.78, 5) is 37.1. The molecule has 0 spiro atoms. The van der Waals surface area contributed by atoms with Crippen LogP contribution in [-0.4, -0.2) is 35.0 Å². The van der Waals surface area contributed by atoms with Gasteiger partial charge in [-0.3, -0.25) is 9.59 Å². The van der Waals surface area contributed by atoms with Crippen LogP contribution in [0.25, 0.3) is 21.5 Å². The molecule has 0 saturated heterocycles. The second-order valence-corrected chi connectivity index (χ2v) is 8.48. The van der Waals surface area contributed by atoms with Gasteiger partial charge in [-0.25, -0.2) is 9.18 Å². The summed E-state index contributed by atoms with van der Waals surface area (Å²) in [7, 11) is 0. The minimum Gasteiger partial charge on any atom is -0.480 e. The second kappa shape index (κ2) is 10.3. The predicted octanol–water partition coefficient (Wildman–Crippen LogP) is 3.99. The summed E-state index contributed by atoms with van der Waals surface area (Å²) in [5, 5.41) is 18.9. The van der Waals surface area contributed by atoms with Crippen LogP contribution in [0.4, 0.5) is 4.39 Å². The van der Waals surface area contributed by atoms with Gasteiger partial charge >= 0.3 is 5.97 Å². The minimum atomic E-state index is -1.22. The molecule has 4 rings (SSSR count). The number of carbonyl (C=O) groups is 3. The van der Waals surface area contributed by atoms with Crippen LogP contribution >= 0.6 is 0 Å². The smallest absolute Gasteiger partial charge is 0.326 e. The number of halogens is 1. The van der Waals surface area contributed by atoms with E-state index in [2.05, 4.69) is 16.7 Å². The normalized spacial score (nSPS) is 12.7. The van der Waals surface area contributed by atoms with Crippen molar-refractivity contribution in [3.05, 3.63) is 95.8 Å². The Morgan fingerprint density at radius 2 is 1.37 bits per heavy atom. The molecule has 0 aromatic heterocycles. The Hall–Kier alpha value is -4.26. The van der Waals surface area contributed by atoms with Gasteiger partial charge in [-0.1, -0.05) is 60.7 Å². The van der Waals surface area contributed by atoms with Gasteiger partial charge in [-0.15, -0.1) is 0 Å². The topological polar surface area (TPSA) is 95.5 Å².